The summed E-state index contributed by atoms with van der Waals surface area (Å²) >= 11 is 0. The van der Waals surface area contributed by atoms with Crippen LogP contribution < -0.4 is 5.73 Å². The lowest BCUT2D eigenvalue weighted by atomic mass is 9.98. The van der Waals surface area contributed by atoms with Gasteiger partial charge >= 0.3 is 0 Å². The van der Waals surface area contributed by atoms with E-state index >= 15 is 0 Å². The molecule has 5 rings (SSSR count). The second-order valence-corrected chi connectivity index (χ2v) is 7.16. The van der Waals surface area contributed by atoms with Gasteiger partial charge in [-0.2, -0.15) is 0 Å². The Morgan fingerprint density at radius 1 is 1.00 bits per heavy atom. The molecule has 5 N–H and O–H groups in total. The average molecular weight is 392 g/mol. The normalized spacial score (nSPS) is 24.5. The molecule has 0 radical (unpaired) electrons. The van der Waals surface area contributed by atoms with Crippen LogP contribution in [-0.2, 0) is 4.74 Å². The minimum atomic E-state index is -1.22. The van der Waals surface area contributed by atoms with Crippen LogP contribution >= 0.6 is 0 Å². The van der Waals surface area contributed by atoms with Crippen molar-refractivity contribution < 1.29 is 20.1 Å². The molecule has 29 heavy (non-hydrogen) atoms. The Morgan fingerprint density at radius 2 is 1.79 bits per heavy atom. The number of aliphatic hydroxyl groups excluding tert-OH is 3. The van der Waals surface area contributed by atoms with Crippen LogP contribution in [0.5, 0.6) is 0 Å². The van der Waals surface area contributed by atoms with Crippen LogP contribution in [0.1, 0.15) is 6.23 Å². The summed E-state index contributed by atoms with van der Waals surface area (Å²) in [5, 5.41) is 32.9. The van der Waals surface area contributed by atoms with E-state index in [0.29, 0.717) is 16.9 Å². The van der Waals surface area contributed by atoms with Crippen LogP contribution in [-0.4, -0.2) is 54.8 Å². The van der Waals surface area contributed by atoms with E-state index in [0.717, 1.165) is 21.9 Å². The molecule has 2 aromatic heterocycles. The molecule has 0 amide bonds. The van der Waals surface area contributed by atoms with Crippen molar-refractivity contribution in [2.75, 3.05) is 12.3 Å². The number of nitrogen functional groups attached to an aromatic ring is 1. The predicted octanol–water partition coefficient (Wildman–Crippen LogP) is 1.45. The first-order chi connectivity index (χ1) is 14.1. The quantitative estimate of drug-likeness (QED) is 0.416. The molecule has 1 saturated heterocycles. The second kappa shape index (κ2) is 6.78. The summed E-state index contributed by atoms with van der Waals surface area (Å²) in [5.41, 5.74) is 8.43. The highest BCUT2D eigenvalue weighted by molar-refractivity contribution is 6.07. The Hall–Kier alpha value is -3.04. The minimum Gasteiger partial charge on any atom is -0.394 e. The van der Waals surface area contributed by atoms with Crippen LogP contribution in [0.4, 0.5) is 5.82 Å². The van der Waals surface area contributed by atoms with Crippen LogP contribution in [0.2, 0.25) is 0 Å². The van der Waals surface area contributed by atoms with Gasteiger partial charge in [-0.15, -0.1) is 0 Å². The lowest BCUT2D eigenvalue weighted by molar-refractivity contribution is -0.0508. The Bertz CT molecular complexity index is 1200. The molecule has 2 aromatic carbocycles. The van der Waals surface area contributed by atoms with Crippen molar-refractivity contribution in [1.29, 1.82) is 0 Å². The first-order valence-corrected chi connectivity index (χ1v) is 9.31. The molecule has 4 aromatic rings. The van der Waals surface area contributed by atoms with Gasteiger partial charge in [0.2, 0.25) is 0 Å². The molecule has 4 atom stereocenters. The number of fused-ring (bicyclic) bond motifs is 2. The second-order valence-electron chi connectivity index (χ2n) is 7.16. The monoisotopic (exact) mass is 392 g/mol. The zero-order valence-electron chi connectivity index (χ0n) is 15.4. The van der Waals surface area contributed by atoms with Gasteiger partial charge in [0.15, 0.2) is 6.23 Å². The molecule has 1 fully saturated rings. The molecule has 0 spiro atoms. The number of nitrogens with two attached hydrogens (primary N) is 1. The molecule has 3 heterocycles. The van der Waals surface area contributed by atoms with Crippen LogP contribution in [0.25, 0.3) is 32.9 Å². The van der Waals surface area contributed by atoms with Crippen molar-refractivity contribution in [2.24, 2.45) is 0 Å². The third kappa shape index (κ3) is 2.69. The summed E-state index contributed by atoms with van der Waals surface area (Å²) in [6, 6.07) is 14.0. The topological polar surface area (TPSA) is 127 Å². The number of benzene rings is 2. The van der Waals surface area contributed by atoms with Crippen molar-refractivity contribution >= 4 is 27.6 Å². The maximum absolute atomic E-state index is 10.5. The standard InChI is InChI=1S/C21H20N4O4/c22-19-16-14(13-7-3-5-11-4-1-2-6-12(11)13)8-25(20(16)24-10-23-19)21-18(28)17(27)15(9-26)29-21/h1-8,10,15,17-18,21,26-28H,9H2,(H2,22,23,24). The average Bonchev–Trinajstić information content (AvgIpc) is 3.26. The summed E-state index contributed by atoms with van der Waals surface area (Å²) in [6.07, 6.45) is -1.07. The fourth-order valence-corrected chi connectivity index (χ4v) is 4.08. The van der Waals surface area contributed by atoms with Gasteiger partial charge in [-0.25, -0.2) is 9.97 Å². The van der Waals surface area contributed by atoms with Gasteiger partial charge in [-0.1, -0.05) is 42.5 Å². The third-order valence-electron chi connectivity index (χ3n) is 5.51. The molecule has 1 aliphatic heterocycles. The van der Waals surface area contributed by atoms with Crippen molar-refractivity contribution in [3.63, 3.8) is 0 Å². The maximum Gasteiger partial charge on any atom is 0.164 e. The van der Waals surface area contributed by atoms with Gasteiger partial charge in [-0.3, -0.25) is 0 Å². The summed E-state index contributed by atoms with van der Waals surface area (Å²) in [5.74, 6) is 0.309. The summed E-state index contributed by atoms with van der Waals surface area (Å²) < 4.78 is 7.36. The zero-order chi connectivity index (χ0) is 20.1. The van der Waals surface area contributed by atoms with Crippen LogP contribution in [0.15, 0.2) is 55.0 Å². The number of hydrogen-bond acceptors (Lipinski definition) is 7. The van der Waals surface area contributed by atoms with E-state index in [2.05, 4.69) is 9.97 Å². The molecular formula is C21H20N4O4. The molecule has 4 unspecified atom stereocenters. The van der Waals surface area contributed by atoms with Crippen molar-refractivity contribution in [1.82, 2.24) is 14.5 Å². The Kier molecular flexibility index (Phi) is 4.21. The number of anilines is 1. The number of ether oxygens (including phenoxy) is 1. The molecule has 148 valence electrons. The van der Waals surface area contributed by atoms with E-state index in [1.807, 2.05) is 42.5 Å². The third-order valence-corrected chi connectivity index (χ3v) is 5.51. The molecule has 0 bridgehead atoms. The fraction of sp³-hybridized carbons (Fsp3) is 0.238. The van der Waals surface area contributed by atoms with Gasteiger partial charge < -0.3 is 30.4 Å². The van der Waals surface area contributed by atoms with Crippen LogP contribution in [0, 0.1) is 0 Å². The molecule has 8 heteroatoms. The van der Waals surface area contributed by atoms with Gasteiger partial charge in [0.05, 0.1) is 12.0 Å². The van der Waals surface area contributed by atoms with Gasteiger partial charge in [-0.05, 0) is 16.3 Å². The first kappa shape index (κ1) is 18.0. The molecule has 0 aliphatic carbocycles. The Labute approximate surface area is 165 Å². The number of aliphatic hydroxyl groups is 3. The van der Waals surface area contributed by atoms with Crippen molar-refractivity contribution in [3.05, 3.63) is 55.0 Å². The number of rotatable bonds is 3. The summed E-state index contributed by atoms with van der Waals surface area (Å²) in [7, 11) is 0. The number of aromatic nitrogens is 3. The largest absolute Gasteiger partial charge is 0.394 e. The van der Waals surface area contributed by atoms with E-state index in [4.69, 9.17) is 10.5 Å². The molecule has 0 saturated carbocycles. The highest BCUT2D eigenvalue weighted by Gasteiger charge is 2.44. The predicted molar refractivity (Wildman–Crippen MR) is 108 cm³/mol. The van der Waals surface area contributed by atoms with Gasteiger partial charge in [0.25, 0.3) is 0 Å². The molecular weight excluding hydrogens is 372 g/mol. The maximum atomic E-state index is 10.5. The SMILES string of the molecule is Nc1ncnc2c1c(-c1cccc3ccccc13)cn2C1OC(CO)C(O)C1O. The first-order valence-electron chi connectivity index (χ1n) is 9.31. The minimum absolute atomic E-state index is 0.309. The molecule has 1 aliphatic rings. The van der Waals surface area contributed by atoms with Crippen molar-refractivity contribution in [2.45, 2.75) is 24.5 Å². The summed E-state index contributed by atoms with van der Waals surface area (Å²) in [4.78, 5) is 8.50. The van der Waals surface area contributed by atoms with E-state index in [9.17, 15) is 15.3 Å². The zero-order valence-corrected chi connectivity index (χ0v) is 15.4. The lowest BCUT2D eigenvalue weighted by Gasteiger charge is -2.17. The fourth-order valence-electron chi connectivity index (χ4n) is 4.08. The van der Waals surface area contributed by atoms with Crippen molar-refractivity contribution in [3.8, 4) is 11.1 Å². The van der Waals surface area contributed by atoms with Gasteiger partial charge in [0, 0.05) is 11.8 Å². The summed E-state index contributed by atoms with van der Waals surface area (Å²) in [6.45, 7) is -0.402. The Balaban J connectivity index is 1.76. The van der Waals surface area contributed by atoms with E-state index < -0.39 is 31.1 Å². The van der Waals surface area contributed by atoms with E-state index in [-0.39, 0.29) is 0 Å². The van der Waals surface area contributed by atoms with Crippen LogP contribution in [0.3, 0.4) is 0 Å². The number of nitrogens with zero attached hydrogens (tertiary/aromatic N) is 3. The van der Waals surface area contributed by atoms with E-state index in [1.165, 1.54) is 6.33 Å². The Morgan fingerprint density at radius 3 is 2.59 bits per heavy atom. The lowest BCUT2D eigenvalue weighted by Crippen LogP contribution is -2.33. The van der Waals surface area contributed by atoms with Gasteiger partial charge in [0.1, 0.15) is 36.1 Å². The molecule has 8 nitrogen and oxygen atoms in total. The highest BCUT2D eigenvalue weighted by atomic mass is 16.6. The number of hydrogen-bond donors (Lipinski definition) is 4. The highest BCUT2D eigenvalue weighted by Crippen LogP contribution is 2.40. The smallest absolute Gasteiger partial charge is 0.164 e. The van der Waals surface area contributed by atoms with E-state index in [1.54, 1.807) is 10.8 Å².